The summed E-state index contributed by atoms with van der Waals surface area (Å²) >= 11 is 0. The van der Waals surface area contributed by atoms with Crippen molar-refractivity contribution in [2.75, 3.05) is 18.1 Å². The second-order valence-corrected chi connectivity index (χ2v) is 8.04. The van der Waals surface area contributed by atoms with Crippen LogP contribution in [0.15, 0.2) is 36.7 Å². The molecule has 9 heteroatoms. The van der Waals surface area contributed by atoms with Gasteiger partial charge in [-0.2, -0.15) is 18.3 Å². The first kappa shape index (κ1) is 19.6. The average molecular weight is 399 g/mol. The maximum atomic E-state index is 12.8. The molecule has 27 heavy (non-hydrogen) atoms. The molecule has 1 aromatic heterocycles. The van der Waals surface area contributed by atoms with Gasteiger partial charge < -0.3 is 4.90 Å². The van der Waals surface area contributed by atoms with Crippen molar-refractivity contribution >= 4 is 16.7 Å². The molecule has 146 valence electrons. The molecule has 0 radical (unpaired) electrons. The molecular weight excluding hydrogens is 379 g/mol. The molecule has 0 spiro atoms. The Bertz CT molecular complexity index is 833. The van der Waals surface area contributed by atoms with Crippen LogP contribution in [0.5, 0.6) is 0 Å². The predicted octanol–water partition coefficient (Wildman–Crippen LogP) is 2.80. The number of benzene rings is 1. The summed E-state index contributed by atoms with van der Waals surface area (Å²) in [6.45, 7) is 2.99. The Morgan fingerprint density at radius 2 is 2.00 bits per heavy atom. The molecule has 1 aromatic carbocycles. The van der Waals surface area contributed by atoms with E-state index in [0.29, 0.717) is 30.2 Å². The molecule has 3 rings (SSSR count). The van der Waals surface area contributed by atoms with Crippen molar-refractivity contribution in [2.24, 2.45) is 0 Å². The first-order chi connectivity index (χ1) is 12.8. The summed E-state index contributed by atoms with van der Waals surface area (Å²) in [5.74, 6) is 0.548. The molecule has 1 aliphatic heterocycles. The third-order valence-corrected chi connectivity index (χ3v) is 5.92. The summed E-state index contributed by atoms with van der Waals surface area (Å²) in [5.41, 5.74) is 0.602. The van der Waals surface area contributed by atoms with Crippen molar-refractivity contribution in [3.05, 3.63) is 53.3 Å². The molecule has 1 saturated heterocycles. The lowest BCUT2D eigenvalue weighted by atomic mass is 10.1. The molecule has 0 saturated carbocycles. The molecule has 2 aromatic rings. The molecule has 0 N–H and O–H groups in total. The van der Waals surface area contributed by atoms with Gasteiger partial charge in [-0.3, -0.25) is 13.7 Å². The molecule has 5 nitrogen and oxygen atoms in total. The van der Waals surface area contributed by atoms with Crippen LogP contribution < -0.4 is 0 Å². The van der Waals surface area contributed by atoms with E-state index >= 15 is 0 Å². The number of carbonyl (C=O) groups excluding carboxylic acids is 1. The quantitative estimate of drug-likeness (QED) is 0.795. The van der Waals surface area contributed by atoms with Gasteiger partial charge in [-0.25, -0.2) is 0 Å². The van der Waals surface area contributed by atoms with Gasteiger partial charge in [0.15, 0.2) is 0 Å². The standard InChI is InChI=1S/C18H20F3N3O2S/c1-2-23-11-14(10-22-23)16-12-27(26)8-7-24(16)17(25)9-13-3-5-15(6-4-13)18(19,20)21/h3-6,10-11,16H,2,7-9,12H2,1H3/t16-,27-/m1/s1. The SMILES string of the molecule is CCn1cc([C@H]2C[S@](=O)CCN2C(=O)Cc2ccc(C(F)(F)F)cc2)cn1. The first-order valence-corrected chi connectivity index (χ1v) is 10.1. The van der Waals surface area contributed by atoms with Crippen molar-refractivity contribution in [3.63, 3.8) is 0 Å². The largest absolute Gasteiger partial charge is 0.416 e. The zero-order chi connectivity index (χ0) is 19.6. The van der Waals surface area contributed by atoms with Crippen molar-refractivity contribution in [2.45, 2.75) is 32.1 Å². The molecule has 1 fully saturated rings. The Kier molecular flexibility index (Phi) is 5.69. The van der Waals surface area contributed by atoms with Crippen LogP contribution in [-0.4, -0.2) is 42.8 Å². The van der Waals surface area contributed by atoms with E-state index < -0.39 is 22.5 Å². The van der Waals surface area contributed by atoms with Gasteiger partial charge in [0.05, 0.1) is 24.2 Å². The van der Waals surface area contributed by atoms with E-state index in [4.69, 9.17) is 0 Å². The van der Waals surface area contributed by atoms with Crippen LogP contribution in [0, 0.1) is 0 Å². The molecule has 2 atom stereocenters. The van der Waals surface area contributed by atoms with E-state index in [1.165, 1.54) is 12.1 Å². The van der Waals surface area contributed by atoms with Crippen molar-refractivity contribution < 1.29 is 22.2 Å². The number of hydrogen-bond acceptors (Lipinski definition) is 3. The topological polar surface area (TPSA) is 55.2 Å². The summed E-state index contributed by atoms with van der Waals surface area (Å²) in [6, 6.07) is 4.29. The second-order valence-electron chi connectivity index (χ2n) is 6.41. The zero-order valence-electron chi connectivity index (χ0n) is 14.8. The first-order valence-electron chi connectivity index (χ1n) is 8.61. The molecule has 1 amide bonds. The summed E-state index contributed by atoms with van der Waals surface area (Å²) in [6.07, 6.45) is -0.881. The van der Waals surface area contributed by atoms with Crippen LogP contribution in [0.25, 0.3) is 0 Å². The second kappa shape index (κ2) is 7.84. The van der Waals surface area contributed by atoms with Crippen LogP contribution in [0.1, 0.15) is 29.7 Å². The Balaban J connectivity index is 1.76. The van der Waals surface area contributed by atoms with Gasteiger partial charge in [-0.15, -0.1) is 0 Å². The van der Waals surface area contributed by atoms with Gasteiger partial charge in [-0.1, -0.05) is 12.1 Å². The number of halogens is 3. The van der Waals surface area contributed by atoms with Crippen LogP contribution >= 0.6 is 0 Å². The van der Waals surface area contributed by atoms with Crippen molar-refractivity contribution in [1.29, 1.82) is 0 Å². The van der Waals surface area contributed by atoms with Gasteiger partial charge >= 0.3 is 6.18 Å². The summed E-state index contributed by atoms with van der Waals surface area (Å²) < 4.78 is 51.8. The third kappa shape index (κ3) is 4.58. The van der Waals surface area contributed by atoms with Gasteiger partial charge in [0.25, 0.3) is 0 Å². The molecule has 2 heterocycles. The monoisotopic (exact) mass is 399 g/mol. The fourth-order valence-corrected chi connectivity index (χ4v) is 4.38. The number of aromatic nitrogens is 2. The number of rotatable bonds is 4. The number of amides is 1. The minimum atomic E-state index is -4.40. The van der Waals surface area contributed by atoms with Crippen LogP contribution in [0.2, 0.25) is 0 Å². The molecule has 1 aliphatic rings. The van der Waals surface area contributed by atoms with E-state index in [2.05, 4.69) is 5.10 Å². The minimum absolute atomic E-state index is 0.00316. The predicted molar refractivity (Wildman–Crippen MR) is 95.4 cm³/mol. The number of alkyl halides is 3. The Hall–Kier alpha value is -2.16. The number of nitrogens with zero attached hydrogens (tertiary/aromatic N) is 3. The van der Waals surface area contributed by atoms with Crippen LogP contribution in [0.3, 0.4) is 0 Å². The number of hydrogen-bond donors (Lipinski definition) is 0. The van der Waals surface area contributed by atoms with E-state index in [-0.39, 0.29) is 18.4 Å². The summed E-state index contributed by atoms with van der Waals surface area (Å²) in [5, 5.41) is 4.22. The van der Waals surface area contributed by atoms with Gasteiger partial charge in [-0.05, 0) is 24.6 Å². The van der Waals surface area contributed by atoms with Crippen molar-refractivity contribution in [3.8, 4) is 0 Å². The Labute approximate surface area is 157 Å². The third-order valence-electron chi connectivity index (χ3n) is 4.60. The van der Waals surface area contributed by atoms with E-state index in [1.54, 1.807) is 15.8 Å². The highest BCUT2D eigenvalue weighted by Crippen LogP contribution is 2.30. The zero-order valence-corrected chi connectivity index (χ0v) is 15.6. The molecule has 0 aliphatic carbocycles. The average Bonchev–Trinajstić information content (AvgIpc) is 3.10. The maximum absolute atomic E-state index is 12.8. The fourth-order valence-electron chi connectivity index (χ4n) is 3.09. The Morgan fingerprint density at radius 1 is 1.30 bits per heavy atom. The smallest absolute Gasteiger partial charge is 0.333 e. The maximum Gasteiger partial charge on any atom is 0.416 e. The van der Waals surface area contributed by atoms with Crippen molar-refractivity contribution in [1.82, 2.24) is 14.7 Å². The van der Waals surface area contributed by atoms with Crippen LogP contribution in [-0.2, 0) is 34.7 Å². The van der Waals surface area contributed by atoms with E-state index in [0.717, 1.165) is 17.7 Å². The minimum Gasteiger partial charge on any atom is -0.333 e. The highest BCUT2D eigenvalue weighted by Gasteiger charge is 2.33. The normalized spacial score (nSPS) is 20.7. The van der Waals surface area contributed by atoms with Gasteiger partial charge in [0.1, 0.15) is 0 Å². The fraction of sp³-hybridized carbons (Fsp3) is 0.444. The van der Waals surface area contributed by atoms with Gasteiger partial charge in [0, 0.05) is 47.2 Å². The number of aryl methyl sites for hydroxylation is 1. The van der Waals surface area contributed by atoms with Gasteiger partial charge in [0.2, 0.25) is 5.91 Å². The molecule has 0 unspecified atom stereocenters. The molecule has 0 bridgehead atoms. The summed E-state index contributed by atoms with van der Waals surface area (Å²) in [7, 11) is -1.02. The number of carbonyl (C=O) groups is 1. The summed E-state index contributed by atoms with van der Waals surface area (Å²) in [4.78, 5) is 14.5. The highest BCUT2D eigenvalue weighted by molar-refractivity contribution is 7.85. The Morgan fingerprint density at radius 3 is 2.59 bits per heavy atom. The lowest BCUT2D eigenvalue weighted by Crippen LogP contribution is -2.45. The van der Waals surface area contributed by atoms with E-state index in [9.17, 15) is 22.2 Å². The highest BCUT2D eigenvalue weighted by atomic mass is 32.2. The van der Waals surface area contributed by atoms with Crippen LogP contribution in [0.4, 0.5) is 13.2 Å². The lowest BCUT2D eigenvalue weighted by molar-refractivity contribution is -0.137. The molecular formula is C18H20F3N3O2S. The lowest BCUT2D eigenvalue weighted by Gasteiger charge is -2.35. The van der Waals surface area contributed by atoms with E-state index in [1.807, 2.05) is 13.1 Å².